The van der Waals surface area contributed by atoms with Gasteiger partial charge in [0, 0.05) is 36.3 Å². The van der Waals surface area contributed by atoms with E-state index >= 15 is 0 Å². The Hall–Kier alpha value is -2.09. The number of rotatable bonds is 5. The number of hydrogen-bond acceptors (Lipinski definition) is 4. The quantitative estimate of drug-likeness (QED) is 0.819. The van der Waals surface area contributed by atoms with Gasteiger partial charge in [0.05, 0.1) is 6.26 Å². The van der Waals surface area contributed by atoms with Crippen LogP contribution in [0.15, 0.2) is 24.3 Å². The van der Waals surface area contributed by atoms with Crippen LogP contribution in [0.4, 0.5) is 5.69 Å². The van der Waals surface area contributed by atoms with Crippen molar-refractivity contribution in [2.24, 2.45) is 5.92 Å². The van der Waals surface area contributed by atoms with Gasteiger partial charge in [0.2, 0.25) is 15.9 Å². The van der Waals surface area contributed by atoms with Crippen molar-refractivity contribution in [3.63, 3.8) is 0 Å². The van der Waals surface area contributed by atoms with E-state index in [1.54, 1.807) is 29.2 Å². The summed E-state index contributed by atoms with van der Waals surface area (Å²) >= 11 is 0. The summed E-state index contributed by atoms with van der Waals surface area (Å²) in [4.78, 5) is 26.1. The molecule has 2 fully saturated rings. The summed E-state index contributed by atoms with van der Waals surface area (Å²) in [7, 11) is -3.33. The molecule has 2 aliphatic rings. The third-order valence-electron chi connectivity index (χ3n) is 4.51. The van der Waals surface area contributed by atoms with Crippen LogP contribution < -0.4 is 10.0 Å². The molecule has 3 rings (SSSR count). The first kappa shape index (κ1) is 17.7. The number of anilines is 1. The Kier molecular flexibility index (Phi) is 4.99. The molecule has 1 aliphatic heterocycles. The minimum atomic E-state index is -3.33. The lowest BCUT2D eigenvalue weighted by molar-refractivity contribution is -0.123. The first-order valence-electron chi connectivity index (χ1n) is 8.49. The molecule has 25 heavy (non-hydrogen) atoms. The fourth-order valence-electron chi connectivity index (χ4n) is 2.97. The Morgan fingerprint density at radius 3 is 2.16 bits per heavy atom. The van der Waals surface area contributed by atoms with Crippen LogP contribution in [0.1, 0.15) is 36.0 Å². The molecule has 0 atom stereocenters. The van der Waals surface area contributed by atoms with E-state index in [4.69, 9.17) is 0 Å². The van der Waals surface area contributed by atoms with E-state index in [-0.39, 0.29) is 23.8 Å². The molecule has 2 amide bonds. The smallest absolute Gasteiger partial charge is 0.253 e. The van der Waals surface area contributed by atoms with Crippen molar-refractivity contribution in [3.8, 4) is 0 Å². The zero-order chi connectivity index (χ0) is 18.0. The second-order valence-corrected chi connectivity index (χ2v) is 8.55. The third-order valence-corrected chi connectivity index (χ3v) is 5.12. The van der Waals surface area contributed by atoms with Gasteiger partial charge in [-0.05, 0) is 49.9 Å². The molecule has 0 spiro atoms. The number of piperidine rings is 1. The van der Waals surface area contributed by atoms with Gasteiger partial charge in [-0.15, -0.1) is 0 Å². The van der Waals surface area contributed by atoms with Crippen molar-refractivity contribution >= 4 is 27.5 Å². The van der Waals surface area contributed by atoms with Crippen LogP contribution >= 0.6 is 0 Å². The van der Waals surface area contributed by atoms with E-state index < -0.39 is 10.0 Å². The highest BCUT2D eigenvalue weighted by Gasteiger charge is 2.32. The predicted octanol–water partition coefficient (Wildman–Crippen LogP) is 1.19. The third kappa shape index (κ3) is 4.94. The number of hydrogen-bond donors (Lipinski definition) is 2. The molecular weight excluding hydrogens is 342 g/mol. The largest absolute Gasteiger partial charge is 0.353 e. The Morgan fingerprint density at radius 2 is 1.64 bits per heavy atom. The summed E-state index contributed by atoms with van der Waals surface area (Å²) < 4.78 is 24.8. The van der Waals surface area contributed by atoms with Gasteiger partial charge in [-0.1, -0.05) is 0 Å². The zero-order valence-corrected chi connectivity index (χ0v) is 15.0. The summed E-state index contributed by atoms with van der Waals surface area (Å²) in [6.45, 7) is 1.22. The predicted molar refractivity (Wildman–Crippen MR) is 94.7 cm³/mol. The molecule has 0 bridgehead atoms. The molecule has 1 aromatic carbocycles. The van der Waals surface area contributed by atoms with Gasteiger partial charge in [0.1, 0.15) is 0 Å². The maximum absolute atomic E-state index is 12.5. The Morgan fingerprint density at radius 1 is 1.04 bits per heavy atom. The molecule has 8 heteroatoms. The Labute approximate surface area is 147 Å². The van der Waals surface area contributed by atoms with E-state index in [1.807, 2.05) is 0 Å². The minimum absolute atomic E-state index is 0.0714. The number of carbonyl (C=O) groups is 2. The van der Waals surface area contributed by atoms with Gasteiger partial charge in [0.25, 0.3) is 5.91 Å². The molecule has 0 radical (unpaired) electrons. The number of sulfonamides is 1. The highest BCUT2D eigenvalue weighted by atomic mass is 32.2. The molecular formula is C17H23N3O4S. The summed E-state index contributed by atoms with van der Waals surface area (Å²) in [6, 6.07) is 6.56. The van der Waals surface area contributed by atoms with Gasteiger partial charge in [-0.25, -0.2) is 8.42 Å². The van der Waals surface area contributed by atoms with Crippen molar-refractivity contribution in [2.75, 3.05) is 24.1 Å². The van der Waals surface area contributed by atoms with Gasteiger partial charge >= 0.3 is 0 Å². The SMILES string of the molecule is CS(=O)(=O)Nc1ccc(C(=O)N2CCC(NC(=O)C3CC3)CC2)cc1. The molecule has 1 saturated carbocycles. The second-order valence-electron chi connectivity index (χ2n) is 6.80. The highest BCUT2D eigenvalue weighted by Crippen LogP contribution is 2.29. The number of carbonyl (C=O) groups excluding carboxylic acids is 2. The van der Waals surface area contributed by atoms with Crippen molar-refractivity contribution in [1.29, 1.82) is 0 Å². The van der Waals surface area contributed by atoms with E-state index in [1.165, 1.54) is 0 Å². The fraction of sp³-hybridized carbons (Fsp3) is 0.529. The van der Waals surface area contributed by atoms with Crippen molar-refractivity contribution in [3.05, 3.63) is 29.8 Å². The van der Waals surface area contributed by atoms with E-state index in [0.717, 1.165) is 31.9 Å². The number of benzene rings is 1. The Bertz CT molecular complexity index is 749. The molecule has 1 heterocycles. The van der Waals surface area contributed by atoms with Crippen LogP contribution in [0.2, 0.25) is 0 Å². The molecule has 1 saturated heterocycles. The highest BCUT2D eigenvalue weighted by molar-refractivity contribution is 7.92. The first-order valence-corrected chi connectivity index (χ1v) is 10.4. The molecule has 1 aromatic rings. The number of likely N-dealkylation sites (tertiary alicyclic amines) is 1. The average molecular weight is 365 g/mol. The van der Waals surface area contributed by atoms with Crippen LogP contribution in [0.3, 0.4) is 0 Å². The zero-order valence-electron chi connectivity index (χ0n) is 14.2. The lowest BCUT2D eigenvalue weighted by Crippen LogP contribution is -2.46. The summed E-state index contributed by atoms with van der Waals surface area (Å²) in [5.41, 5.74) is 0.958. The normalized spacial score (nSPS) is 18.7. The molecule has 1 aliphatic carbocycles. The van der Waals surface area contributed by atoms with E-state index in [9.17, 15) is 18.0 Å². The molecule has 2 N–H and O–H groups in total. The summed E-state index contributed by atoms with van der Waals surface area (Å²) in [5.74, 6) is 0.287. The standard InChI is InChI=1S/C17H23N3O4S/c1-25(23,24)19-15-6-4-13(5-7-15)17(22)20-10-8-14(9-11-20)18-16(21)12-2-3-12/h4-7,12,14,19H,2-3,8-11H2,1H3,(H,18,21). The Balaban J connectivity index is 1.52. The van der Waals surface area contributed by atoms with Gasteiger partial charge < -0.3 is 10.2 Å². The van der Waals surface area contributed by atoms with Crippen LogP contribution in [-0.4, -0.2) is 50.5 Å². The number of amides is 2. The topological polar surface area (TPSA) is 95.6 Å². The fourth-order valence-corrected chi connectivity index (χ4v) is 3.53. The van der Waals surface area contributed by atoms with Crippen molar-refractivity contribution in [2.45, 2.75) is 31.7 Å². The van der Waals surface area contributed by atoms with Crippen molar-refractivity contribution in [1.82, 2.24) is 10.2 Å². The molecule has 0 unspecified atom stereocenters. The van der Waals surface area contributed by atoms with E-state index in [0.29, 0.717) is 24.3 Å². The number of nitrogens with zero attached hydrogens (tertiary/aromatic N) is 1. The maximum Gasteiger partial charge on any atom is 0.253 e. The van der Waals surface area contributed by atoms with Gasteiger partial charge in [-0.3, -0.25) is 14.3 Å². The lowest BCUT2D eigenvalue weighted by atomic mass is 10.0. The first-order chi connectivity index (χ1) is 11.8. The lowest BCUT2D eigenvalue weighted by Gasteiger charge is -2.32. The van der Waals surface area contributed by atoms with Crippen molar-refractivity contribution < 1.29 is 18.0 Å². The minimum Gasteiger partial charge on any atom is -0.353 e. The molecule has 136 valence electrons. The molecule has 7 nitrogen and oxygen atoms in total. The number of nitrogens with one attached hydrogen (secondary N) is 2. The van der Waals surface area contributed by atoms with Crippen LogP contribution in [0.5, 0.6) is 0 Å². The monoisotopic (exact) mass is 365 g/mol. The van der Waals surface area contributed by atoms with Crippen LogP contribution in [0.25, 0.3) is 0 Å². The van der Waals surface area contributed by atoms with Crippen LogP contribution in [-0.2, 0) is 14.8 Å². The van der Waals surface area contributed by atoms with Gasteiger partial charge in [0.15, 0.2) is 0 Å². The van der Waals surface area contributed by atoms with Crippen LogP contribution in [0, 0.1) is 5.92 Å². The second kappa shape index (κ2) is 7.03. The van der Waals surface area contributed by atoms with E-state index in [2.05, 4.69) is 10.0 Å². The van der Waals surface area contributed by atoms with Gasteiger partial charge in [-0.2, -0.15) is 0 Å². The summed E-state index contributed by atoms with van der Waals surface area (Å²) in [5, 5.41) is 3.07. The average Bonchev–Trinajstić information content (AvgIpc) is 3.39. The molecule has 0 aromatic heterocycles. The summed E-state index contributed by atoms with van der Waals surface area (Å²) in [6.07, 6.45) is 4.59. The maximum atomic E-state index is 12.5.